The number of pyridine rings is 1. The highest BCUT2D eigenvalue weighted by Gasteiger charge is 2.24. The third-order valence-corrected chi connectivity index (χ3v) is 4.36. The lowest BCUT2D eigenvalue weighted by atomic mass is 9.84. The van der Waals surface area contributed by atoms with Crippen molar-refractivity contribution in [1.82, 2.24) is 4.98 Å². The molecule has 0 aliphatic heterocycles. The van der Waals surface area contributed by atoms with Crippen LogP contribution < -0.4 is 10.6 Å². The van der Waals surface area contributed by atoms with Gasteiger partial charge in [-0.25, -0.2) is 0 Å². The molecule has 0 amide bonds. The van der Waals surface area contributed by atoms with Gasteiger partial charge >= 0.3 is 0 Å². The van der Waals surface area contributed by atoms with Crippen LogP contribution in [-0.4, -0.2) is 23.9 Å². The van der Waals surface area contributed by atoms with Gasteiger partial charge in [0.1, 0.15) is 11.5 Å². The van der Waals surface area contributed by atoms with Gasteiger partial charge in [0.25, 0.3) is 0 Å². The van der Waals surface area contributed by atoms with Gasteiger partial charge < -0.3 is 10.6 Å². The van der Waals surface area contributed by atoms with E-state index in [-0.39, 0.29) is 5.84 Å². The van der Waals surface area contributed by atoms with Crippen molar-refractivity contribution in [2.45, 2.75) is 45.1 Å². The molecule has 0 atom stereocenters. The summed E-state index contributed by atoms with van der Waals surface area (Å²) >= 11 is 0. The van der Waals surface area contributed by atoms with Crippen LogP contribution in [0.25, 0.3) is 0 Å². The maximum absolute atomic E-state index is 7.63. The number of anilines is 1. The highest BCUT2D eigenvalue weighted by atomic mass is 15.1. The van der Waals surface area contributed by atoms with Gasteiger partial charge in [-0.2, -0.15) is 0 Å². The molecule has 1 heterocycles. The minimum atomic E-state index is 0.0460. The zero-order valence-electron chi connectivity index (χ0n) is 11.9. The van der Waals surface area contributed by atoms with Gasteiger partial charge in [0, 0.05) is 19.3 Å². The van der Waals surface area contributed by atoms with Crippen LogP contribution in [-0.2, 0) is 0 Å². The summed E-state index contributed by atoms with van der Waals surface area (Å²) in [6.07, 6.45) is 8.05. The average molecular weight is 260 g/mol. The molecule has 104 valence electrons. The number of rotatable bonds is 4. The third-order valence-electron chi connectivity index (χ3n) is 4.36. The smallest absolute Gasteiger partial charge is 0.143 e. The highest BCUT2D eigenvalue weighted by molar-refractivity contribution is 5.98. The monoisotopic (exact) mass is 260 g/mol. The summed E-state index contributed by atoms with van der Waals surface area (Å²) < 4.78 is 0. The van der Waals surface area contributed by atoms with Crippen molar-refractivity contribution in [2.75, 3.05) is 11.9 Å². The topological polar surface area (TPSA) is 66.0 Å². The fraction of sp³-hybridized carbons (Fsp3) is 0.600. The van der Waals surface area contributed by atoms with Gasteiger partial charge in [0.05, 0.1) is 5.69 Å². The predicted molar refractivity (Wildman–Crippen MR) is 79.7 cm³/mol. The predicted octanol–water partition coefficient (Wildman–Crippen LogP) is 2.77. The number of nitrogen functional groups attached to an aromatic ring is 1. The van der Waals surface area contributed by atoms with E-state index >= 15 is 0 Å². The first-order chi connectivity index (χ1) is 9.13. The van der Waals surface area contributed by atoms with E-state index in [2.05, 4.69) is 23.9 Å². The Labute approximate surface area is 115 Å². The summed E-state index contributed by atoms with van der Waals surface area (Å²) in [7, 11) is 2.10. The fourth-order valence-corrected chi connectivity index (χ4v) is 3.03. The quantitative estimate of drug-likeness (QED) is 0.646. The zero-order chi connectivity index (χ0) is 13.8. The lowest BCUT2D eigenvalue weighted by molar-refractivity contribution is 0.313. The molecular weight excluding hydrogens is 236 g/mol. The van der Waals surface area contributed by atoms with E-state index in [0.717, 1.165) is 11.6 Å². The number of nitrogens with zero attached hydrogens (tertiary/aromatic N) is 2. The van der Waals surface area contributed by atoms with Crippen LogP contribution >= 0.6 is 0 Å². The summed E-state index contributed by atoms with van der Waals surface area (Å²) in [4.78, 5) is 6.49. The van der Waals surface area contributed by atoms with Crippen LogP contribution in [0.5, 0.6) is 0 Å². The number of nitrogens with one attached hydrogen (secondary N) is 1. The molecule has 0 bridgehead atoms. The first-order valence-electron chi connectivity index (χ1n) is 7.15. The summed E-state index contributed by atoms with van der Waals surface area (Å²) in [5.41, 5.74) is 7.20. The van der Waals surface area contributed by atoms with E-state index in [1.54, 1.807) is 6.20 Å². The molecule has 3 N–H and O–H groups in total. The van der Waals surface area contributed by atoms with Gasteiger partial charge in [0.2, 0.25) is 0 Å². The minimum absolute atomic E-state index is 0.0460. The van der Waals surface area contributed by atoms with Gasteiger partial charge in [-0.3, -0.25) is 10.4 Å². The maximum atomic E-state index is 7.63. The Hall–Kier alpha value is -1.58. The van der Waals surface area contributed by atoms with Gasteiger partial charge in [-0.15, -0.1) is 0 Å². The standard InChI is InChI=1S/C15H24N4/c1-3-11-6-8-12(9-7-11)19(2)13-5-4-10-18-14(13)15(16)17/h4-5,10-12H,3,6-9H2,1-2H3,(H3,16,17). The normalized spacial score (nSPS) is 23.1. The molecule has 0 radical (unpaired) electrons. The lowest BCUT2D eigenvalue weighted by Gasteiger charge is -2.36. The molecule has 0 spiro atoms. The summed E-state index contributed by atoms with van der Waals surface area (Å²) in [5.74, 6) is 0.940. The van der Waals surface area contributed by atoms with Crippen LogP contribution in [0.2, 0.25) is 0 Å². The van der Waals surface area contributed by atoms with Crippen molar-refractivity contribution in [3.8, 4) is 0 Å². The van der Waals surface area contributed by atoms with Crippen molar-refractivity contribution < 1.29 is 0 Å². The second-order valence-electron chi connectivity index (χ2n) is 5.48. The van der Waals surface area contributed by atoms with E-state index in [4.69, 9.17) is 11.1 Å². The highest BCUT2D eigenvalue weighted by Crippen LogP contribution is 2.31. The number of nitrogens with two attached hydrogens (primary N) is 1. The largest absolute Gasteiger partial charge is 0.382 e. The van der Waals surface area contributed by atoms with Crippen LogP contribution in [0.15, 0.2) is 18.3 Å². The molecule has 1 aliphatic carbocycles. The second kappa shape index (κ2) is 6.04. The number of hydrogen-bond donors (Lipinski definition) is 2. The Morgan fingerprint density at radius 1 is 1.42 bits per heavy atom. The Morgan fingerprint density at radius 3 is 2.68 bits per heavy atom. The van der Waals surface area contributed by atoms with E-state index in [1.807, 2.05) is 12.1 Å². The molecular formula is C15H24N4. The van der Waals surface area contributed by atoms with Crippen molar-refractivity contribution in [3.05, 3.63) is 24.0 Å². The molecule has 0 saturated heterocycles. The van der Waals surface area contributed by atoms with Crippen molar-refractivity contribution >= 4 is 11.5 Å². The second-order valence-corrected chi connectivity index (χ2v) is 5.48. The zero-order valence-corrected chi connectivity index (χ0v) is 11.9. The number of aromatic nitrogens is 1. The van der Waals surface area contributed by atoms with Crippen LogP contribution in [0.1, 0.15) is 44.7 Å². The molecule has 0 aromatic carbocycles. The summed E-state index contributed by atoms with van der Waals surface area (Å²) in [6, 6.07) is 4.47. The van der Waals surface area contributed by atoms with E-state index < -0.39 is 0 Å². The molecule has 1 saturated carbocycles. The maximum Gasteiger partial charge on any atom is 0.143 e. The Balaban J connectivity index is 2.12. The Morgan fingerprint density at radius 2 is 2.11 bits per heavy atom. The molecule has 4 nitrogen and oxygen atoms in total. The minimum Gasteiger partial charge on any atom is -0.382 e. The van der Waals surface area contributed by atoms with Gasteiger partial charge in [-0.05, 0) is 43.7 Å². The number of hydrogen-bond acceptors (Lipinski definition) is 3. The lowest BCUT2D eigenvalue weighted by Crippen LogP contribution is -2.36. The molecule has 1 aliphatic rings. The SMILES string of the molecule is CCC1CCC(N(C)c2cccnc2C(=N)N)CC1. The number of amidine groups is 1. The molecule has 19 heavy (non-hydrogen) atoms. The van der Waals surface area contributed by atoms with Crippen LogP contribution in [0.3, 0.4) is 0 Å². The molecule has 1 fully saturated rings. The Bertz CT molecular complexity index is 436. The fourth-order valence-electron chi connectivity index (χ4n) is 3.03. The summed E-state index contributed by atoms with van der Waals surface area (Å²) in [6.45, 7) is 2.28. The van der Waals surface area contributed by atoms with Crippen molar-refractivity contribution in [1.29, 1.82) is 5.41 Å². The first kappa shape index (κ1) is 13.8. The van der Waals surface area contributed by atoms with Crippen molar-refractivity contribution in [2.24, 2.45) is 11.7 Å². The van der Waals surface area contributed by atoms with E-state index in [0.29, 0.717) is 11.7 Å². The molecule has 1 aromatic rings. The molecule has 4 heteroatoms. The van der Waals surface area contributed by atoms with Crippen LogP contribution in [0, 0.1) is 11.3 Å². The van der Waals surface area contributed by atoms with Gasteiger partial charge in [-0.1, -0.05) is 13.3 Å². The molecule has 1 aromatic heterocycles. The Kier molecular flexibility index (Phi) is 4.40. The molecule has 2 rings (SSSR count). The third kappa shape index (κ3) is 3.06. The van der Waals surface area contributed by atoms with Crippen molar-refractivity contribution in [3.63, 3.8) is 0 Å². The first-order valence-corrected chi connectivity index (χ1v) is 7.15. The summed E-state index contributed by atoms with van der Waals surface area (Å²) in [5, 5.41) is 7.63. The van der Waals surface area contributed by atoms with E-state index in [9.17, 15) is 0 Å². The average Bonchev–Trinajstić information content (AvgIpc) is 2.46. The molecule has 0 unspecified atom stereocenters. The van der Waals surface area contributed by atoms with E-state index in [1.165, 1.54) is 32.1 Å². The van der Waals surface area contributed by atoms with Crippen LogP contribution in [0.4, 0.5) is 5.69 Å². The van der Waals surface area contributed by atoms with Gasteiger partial charge in [0.15, 0.2) is 0 Å².